The minimum atomic E-state index is -1.21. The van der Waals surface area contributed by atoms with Crippen LogP contribution in [0, 0.1) is 0 Å². The molecule has 0 saturated heterocycles. The van der Waals surface area contributed by atoms with E-state index < -0.39 is 17.9 Å². The van der Waals surface area contributed by atoms with Crippen LogP contribution in [0.15, 0.2) is 47.0 Å². The second kappa shape index (κ2) is 7.48. The lowest BCUT2D eigenvalue weighted by atomic mass is 10.0. The fourth-order valence-corrected chi connectivity index (χ4v) is 3.12. The number of carboxylic acid groups (broad SMARTS) is 1. The molecule has 1 amide bonds. The maximum Gasteiger partial charge on any atom is 0.341 e. The Kier molecular flexibility index (Phi) is 4.85. The molecule has 29 heavy (non-hydrogen) atoms. The molecule has 0 radical (unpaired) electrons. The van der Waals surface area contributed by atoms with Gasteiger partial charge in [-0.25, -0.2) is 4.79 Å². The SMILES string of the molecule is CC(NC(=O)c1ccc2c(c1)OCO2)c1onc(-c2ccc(Cl)cc2)c1C(=O)O. The van der Waals surface area contributed by atoms with E-state index in [2.05, 4.69) is 10.5 Å². The third-order valence-corrected chi connectivity index (χ3v) is 4.68. The van der Waals surface area contributed by atoms with Gasteiger partial charge in [-0.15, -0.1) is 0 Å². The van der Waals surface area contributed by atoms with Gasteiger partial charge >= 0.3 is 5.97 Å². The molecule has 0 spiro atoms. The first-order chi connectivity index (χ1) is 13.9. The van der Waals surface area contributed by atoms with Crippen molar-refractivity contribution in [2.45, 2.75) is 13.0 Å². The minimum absolute atomic E-state index is 0.0385. The summed E-state index contributed by atoms with van der Waals surface area (Å²) in [6.07, 6.45) is 0. The van der Waals surface area contributed by atoms with E-state index >= 15 is 0 Å². The van der Waals surface area contributed by atoms with Crippen molar-refractivity contribution in [3.05, 3.63) is 64.4 Å². The van der Waals surface area contributed by atoms with Crippen molar-refractivity contribution < 1.29 is 28.7 Å². The highest BCUT2D eigenvalue weighted by Gasteiger charge is 2.28. The average molecular weight is 415 g/mol. The second-order valence-corrected chi connectivity index (χ2v) is 6.78. The molecule has 0 saturated carbocycles. The fourth-order valence-electron chi connectivity index (χ4n) is 2.99. The third kappa shape index (κ3) is 3.62. The van der Waals surface area contributed by atoms with Crippen LogP contribution in [0.1, 0.15) is 39.4 Å². The number of fused-ring (bicyclic) bond motifs is 1. The highest BCUT2D eigenvalue weighted by atomic mass is 35.5. The lowest BCUT2D eigenvalue weighted by Crippen LogP contribution is -2.27. The topological polar surface area (TPSA) is 111 Å². The van der Waals surface area contributed by atoms with Gasteiger partial charge in [0.2, 0.25) is 6.79 Å². The van der Waals surface area contributed by atoms with Crippen LogP contribution in [0.2, 0.25) is 5.02 Å². The Morgan fingerprint density at radius 2 is 1.86 bits per heavy atom. The summed E-state index contributed by atoms with van der Waals surface area (Å²) in [4.78, 5) is 24.5. The Bertz CT molecular complexity index is 1090. The maximum absolute atomic E-state index is 12.6. The summed E-state index contributed by atoms with van der Waals surface area (Å²) in [5.41, 5.74) is 0.922. The lowest BCUT2D eigenvalue weighted by Gasteiger charge is -2.12. The largest absolute Gasteiger partial charge is 0.477 e. The molecular formula is C20H15ClN2O6. The smallest absolute Gasteiger partial charge is 0.341 e. The first-order valence-electron chi connectivity index (χ1n) is 8.63. The average Bonchev–Trinajstić information content (AvgIpc) is 3.35. The number of aromatic nitrogens is 1. The number of amides is 1. The zero-order chi connectivity index (χ0) is 20.5. The van der Waals surface area contributed by atoms with Crippen molar-refractivity contribution in [3.63, 3.8) is 0 Å². The maximum atomic E-state index is 12.6. The van der Waals surface area contributed by atoms with Gasteiger partial charge < -0.3 is 24.4 Å². The molecule has 1 aromatic heterocycles. The third-order valence-electron chi connectivity index (χ3n) is 4.43. The molecule has 2 N–H and O–H groups in total. The van der Waals surface area contributed by atoms with Gasteiger partial charge in [-0.2, -0.15) is 0 Å². The number of nitrogens with zero attached hydrogens (tertiary/aromatic N) is 1. The van der Waals surface area contributed by atoms with Gasteiger partial charge in [-0.1, -0.05) is 28.9 Å². The van der Waals surface area contributed by atoms with E-state index in [9.17, 15) is 14.7 Å². The first kappa shape index (κ1) is 18.8. The summed E-state index contributed by atoms with van der Waals surface area (Å²) in [5.74, 6) is -0.560. The van der Waals surface area contributed by atoms with Gasteiger partial charge in [0.1, 0.15) is 11.3 Å². The summed E-state index contributed by atoms with van der Waals surface area (Å²) >= 11 is 5.88. The standard InChI is InChI=1S/C20H15ClN2O6/c1-10(22-19(24)12-4-7-14-15(8-12)28-9-27-14)18-16(20(25)26)17(23-29-18)11-2-5-13(21)6-3-11/h2-8,10H,9H2,1H3,(H,22,24)(H,25,26). The molecule has 2 heterocycles. The number of carbonyl (C=O) groups is 2. The van der Waals surface area contributed by atoms with Crippen LogP contribution >= 0.6 is 11.6 Å². The monoisotopic (exact) mass is 414 g/mol. The van der Waals surface area contributed by atoms with Crippen molar-refractivity contribution in [1.29, 1.82) is 0 Å². The highest BCUT2D eigenvalue weighted by molar-refractivity contribution is 6.30. The molecule has 0 aliphatic carbocycles. The van der Waals surface area contributed by atoms with E-state index in [0.717, 1.165) is 0 Å². The van der Waals surface area contributed by atoms with Crippen LogP contribution in [-0.4, -0.2) is 28.9 Å². The number of rotatable bonds is 5. The molecule has 1 unspecified atom stereocenters. The predicted molar refractivity (Wildman–Crippen MR) is 102 cm³/mol. The zero-order valence-electron chi connectivity index (χ0n) is 15.1. The fraction of sp³-hybridized carbons (Fsp3) is 0.150. The number of ether oxygens (including phenoxy) is 2. The minimum Gasteiger partial charge on any atom is -0.477 e. The van der Waals surface area contributed by atoms with Crippen LogP contribution in [0.25, 0.3) is 11.3 Å². The zero-order valence-corrected chi connectivity index (χ0v) is 15.9. The summed E-state index contributed by atoms with van der Waals surface area (Å²) in [7, 11) is 0. The Labute approximate surface area is 170 Å². The van der Waals surface area contributed by atoms with Crippen molar-refractivity contribution in [1.82, 2.24) is 10.5 Å². The Morgan fingerprint density at radius 3 is 2.59 bits per heavy atom. The number of carbonyl (C=O) groups excluding carboxylic acids is 1. The van der Waals surface area contributed by atoms with Gasteiger partial charge in [0.25, 0.3) is 5.91 Å². The quantitative estimate of drug-likeness (QED) is 0.651. The first-order valence-corrected chi connectivity index (χ1v) is 9.01. The van der Waals surface area contributed by atoms with E-state index in [0.29, 0.717) is 27.6 Å². The molecule has 2 aromatic carbocycles. The predicted octanol–water partition coefficient (Wildman–Crippen LogP) is 3.91. The van der Waals surface area contributed by atoms with E-state index in [1.54, 1.807) is 49.4 Å². The molecule has 3 aromatic rings. The summed E-state index contributed by atoms with van der Waals surface area (Å²) in [5, 5.41) is 16.8. The van der Waals surface area contributed by atoms with Crippen LogP contribution in [0.5, 0.6) is 11.5 Å². The Balaban J connectivity index is 1.60. The molecule has 8 nitrogen and oxygen atoms in total. The summed E-state index contributed by atoms with van der Waals surface area (Å²) in [6.45, 7) is 1.72. The van der Waals surface area contributed by atoms with Gasteiger partial charge in [0, 0.05) is 16.1 Å². The van der Waals surface area contributed by atoms with Crippen LogP contribution in [-0.2, 0) is 0 Å². The molecule has 0 bridgehead atoms. The number of carboxylic acids is 1. The van der Waals surface area contributed by atoms with Crippen LogP contribution < -0.4 is 14.8 Å². The van der Waals surface area contributed by atoms with E-state index in [1.807, 2.05) is 0 Å². The van der Waals surface area contributed by atoms with Crippen molar-refractivity contribution in [2.24, 2.45) is 0 Å². The van der Waals surface area contributed by atoms with Crippen molar-refractivity contribution in [3.8, 4) is 22.8 Å². The van der Waals surface area contributed by atoms with E-state index in [1.165, 1.54) is 0 Å². The number of halogens is 1. The molecule has 4 rings (SSSR count). The Morgan fingerprint density at radius 1 is 1.14 bits per heavy atom. The molecular weight excluding hydrogens is 400 g/mol. The molecule has 148 valence electrons. The molecule has 1 aliphatic rings. The van der Waals surface area contributed by atoms with Gasteiger partial charge in [-0.3, -0.25) is 4.79 Å². The van der Waals surface area contributed by atoms with Crippen molar-refractivity contribution in [2.75, 3.05) is 6.79 Å². The number of benzene rings is 2. The molecule has 1 atom stereocenters. The Hall–Kier alpha value is -3.52. The van der Waals surface area contributed by atoms with Gasteiger partial charge in [0.15, 0.2) is 17.3 Å². The lowest BCUT2D eigenvalue weighted by molar-refractivity contribution is 0.0692. The summed E-state index contributed by atoms with van der Waals surface area (Å²) in [6, 6.07) is 10.6. The molecule has 1 aliphatic heterocycles. The number of aromatic carboxylic acids is 1. The number of nitrogens with one attached hydrogen (secondary N) is 1. The highest BCUT2D eigenvalue weighted by Crippen LogP contribution is 2.33. The van der Waals surface area contributed by atoms with Gasteiger partial charge in [-0.05, 0) is 37.3 Å². The van der Waals surface area contributed by atoms with Crippen molar-refractivity contribution >= 4 is 23.5 Å². The molecule has 9 heteroatoms. The second-order valence-electron chi connectivity index (χ2n) is 6.35. The van der Waals surface area contributed by atoms with E-state index in [-0.39, 0.29) is 23.8 Å². The van der Waals surface area contributed by atoms with Gasteiger partial charge in [0.05, 0.1) is 6.04 Å². The number of hydrogen-bond donors (Lipinski definition) is 2. The molecule has 0 fully saturated rings. The normalized spacial score (nSPS) is 13.2. The summed E-state index contributed by atoms with van der Waals surface area (Å²) < 4.78 is 15.8. The van der Waals surface area contributed by atoms with Crippen LogP contribution in [0.4, 0.5) is 0 Å². The van der Waals surface area contributed by atoms with E-state index in [4.69, 9.17) is 25.6 Å². The number of hydrogen-bond acceptors (Lipinski definition) is 6. The van der Waals surface area contributed by atoms with Crippen LogP contribution in [0.3, 0.4) is 0 Å².